The van der Waals surface area contributed by atoms with Gasteiger partial charge in [0.25, 0.3) is 11.8 Å². The third-order valence-corrected chi connectivity index (χ3v) is 4.58. The van der Waals surface area contributed by atoms with Crippen LogP contribution >= 0.6 is 0 Å². The molecule has 0 aliphatic rings. The van der Waals surface area contributed by atoms with Gasteiger partial charge in [0.05, 0.1) is 23.3 Å². The van der Waals surface area contributed by atoms with Crippen molar-refractivity contribution in [2.45, 2.75) is 6.92 Å². The molecule has 0 bridgehead atoms. The topological polar surface area (TPSA) is 115 Å². The van der Waals surface area contributed by atoms with Crippen molar-refractivity contribution in [2.75, 3.05) is 19.4 Å². The van der Waals surface area contributed by atoms with E-state index in [-0.39, 0.29) is 23.4 Å². The molecule has 3 aromatic heterocycles. The summed E-state index contributed by atoms with van der Waals surface area (Å²) in [6.07, 6.45) is 6.17. The summed E-state index contributed by atoms with van der Waals surface area (Å²) < 4.78 is 7.54. The molecule has 0 fully saturated rings. The highest BCUT2D eigenvalue weighted by Gasteiger charge is 2.16. The molecule has 162 valence electrons. The fraction of sp³-hybridized carbons (Fsp3) is 0.182. The van der Waals surface area contributed by atoms with Gasteiger partial charge in [0.1, 0.15) is 17.3 Å². The number of pyridine rings is 1. The molecule has 1 aromatic carbocycles. The number of benzene rings is 1. The van der Waals surface area contributed by atoms with Gasteiger partial charge < -0.3 is 15.0 Å². The summed E-state index contributed by atoms with van der Waals surface area (Å²) in [5.41, 5.74) is 2.13. The lowest BCUT2D eigenvalue weighted by atomic mass is 10.1. The quantitative estimate of drug-likeness (QED) is 0.517. The second kappa shape index (κ2) is 8.42. The van der Waals surface area contributed by atoms with Gasteiger partial charge in [0.2, 0.25) is 5.88 Å². The summed E-state index contributed by atoms with van der Waals surface area (Å²) in [6, 6.07) is 6.88. The van der Waals surface area contributed by atoms with Crippen LogP contribution in [-0.2, 0) is 7.05 Å². The number of ether oxygens (including phenoxy) is 1. The molecule has 0 saturated heterocycles. The summed E-state index contributed by atoms with van der Waals surface area (Å²) in [6.45, 7) is 1.92. The molecule has 0 radical (unpaired) electrons. The van der Waals surface area contributed by atoms with Gasteiger partial charge in [-0.2, -0.15) is 5.10 Å². The van der Waals surface area contributed by atoms with E-state index in [0.29, 0.717) is 28.0 Å². The molecule has 0 atom stereocenters. The van der Waals surface area contributed by atoms with Crippen LogP contribution in [0.1, 0.15) is 26.4 Å². The van der Waals surface area contributed by atoms with Crippen LogP contribution in [0.5, 0.6) is 11.6 Å². The number of fused-ring (bicyclic) bond motifs is 1. The number of nitrogens with zero attached hydrogens (tertiary/aromatic N) is 6. The van der Waals surface area contributed by atoms with Crippen LogP contribution in [0.3, 0.4) is 0 Å². The van der Waals surface area contributed by atoms with Crippen LogP contribution < -0.4 is 10.1 Å². The van der Waals surface area contributed by atoms with Gasteiger partial charge in [-0.1, -0.05) is 6.07 Å². The summed E-state index contributed by atoms with van der Waals surface area (Å²) >= 11 is 0. The SMILES string of the molecule is Cc1ccc(NC(=O)c2cc(Oc3cnc(C(=O)N(C)C)cn3)c3cn(C)nc3c2)nc1. The fourth-order valence-electron chi connectivity index (χ4n) is 2.98. The second-order valence-electron chi connectivity index (χ2n) is 7.43. The van der Waals surface area contributed by atoms with Crippen molar-refractivity contribution in [3.05, 3.63) is 65.9 Å². The Morgan fingerprint density at radius 2 is 1.88 bits per heavy atom. The largest absolute Gasteiger partial charge is 0.437 e. The van der Waals surface area contributed by atoms with Gasteiger partial charge in [-0.3, -0.25) is 14.3 Å². The third kappa shape index (κ3) is 4.38. The number of carbonyl (C=O) groups is 2. The van der Waals surface area contributed by atoms with Crippen molar-refractivity contribution in [3.8, 4) is 11.6 Å². The number of aromatic nitrogens is 5. The lowest BCUT2D eigenvalue weighted by Gasteiger charge is -2.11. The molecule has 0 spiro atoms. The minimum absolute atomic E-state index is 0.184. The number of aryl methyl sites for hydroxylation is 2. The van der Waals surface area contributed by atoms with Gasteiger partial charge in [-0.25, -0.2) is 15.0 Å². The minimum Gasteiger partial charge on any atom is -0.437 e. The monoisotopic (exact) mass is 431 g/mol. The van der Waals surface area contributed by atoms with Crippen molar-refractivity contribution in [1.29, 1.82) is 0 Å². The van der Waals surface area contributed by atoms with E-state index >= 15 is 0 Å². The van der Waals surface area contributed by atoms with Crippen molar-refractivity contribution >= 4 is 28.5 Å². The van der Waals surface area contributed by atoms with Crippen LogP contribution in [0.25, 0.3) is 10.9 Å². The molecule has 4 aromatic rings. The predicted molar refractivity (Wildman–Crippen MR) is 118 cm³/mol. The zero-order valence-corrected chi connectivity index (χ0v) is 18.0. The molecule has 2 amide bonds. The van der Waals surface area contributed by atoms with Gasteiger partial charge in [0.15, 0.2) is 0 Å². The summed E-state index contributed by atoms with van der Waals surface area (Å²) in [4.78, 5) is 38.7. The summed E-state index contributed by atoms with van der Waals surface area (Å²) in [7, 11) is 5.05. The normalized spacial score (nSPS) is 10.8. The average molecular weight is 431 g/mol. The first-order valence-electron chi connectivity index (χ1n) is 9.73. The Morgan fingerprint density at radius 3 is 2.53 bits per heavy atom. The van der Waals surface area contributed by atoms with E-state index in [1.54, 1.807) is 56.4 Å². The highest BCUT2D eigenvalue weighted by molar-refractivity contribution is 6.06. The minimum atomic E-state index is -0.350. The van der Waals surface area contributed by atoms with Crippen LogP contribution in [0.4, 0.5) is 5.82 Å². The zero-order chi connectivity index (χ0) is 22.8. The summed E-state index contributed by atoms with van der Waals surface area (Å²) in [5, 5.41) is 7.86. The van der Waals surface area contributed by atoms with E-state index in [9.17, 15) is 9.59 Å². The van der Waals surface area contributed by atoms with Crippen LogP contribution in [0.15, 0.2) is 49.1 Å². The smallest absolute Gasteiger partial charge is 0.273 e. The first-order chi connectivity index (χ1) is 15.3. The lowest BCUT2D eigenvalue weighted by Crippen LogP contribution is -2.22. The highest BCUT2D eigenvalue weighted by Crippen LogP contribution is 2.30. The highest BCUT2D eigenvalue weighted by atomic mass is 16.5. The number of hydrogen-bond donors (Lipinski definition) is 1. The fourth-order valence-corrected chi connectivity index (χ4v) is 2.98. The number of rotatable bonds is 5. The molecule has 32 heavy (non-hydrogen) atoms. The number of carbonyl (C=O) groups excluding carboxylic acids is 2. The van der Waals surface area contributed by atoms with E-state index in [1.807, 2.05) is 13.0 Å². The Hall–Kier alpha value is -4.34. The van der Waals surface area contributed by atoms with Crippen LogP contribution in [0.2, 0.25) is 0 Å². The Kier molecular flexibility index (Phi) is 5.50. The number of amides is 2. The maximum atomic E-state index is 12.8. The van der Waals surface area contributed by atoms with E-state index in [4.69, 9.17) is 4.74 Å². The van der Waals surface area contributed by atoms with E-state index in [2.05, 4.69) is 25.4 Å². The molecular weight excluding hydrogens is 410 g/mol. The number of anilines is 1. The molecule has 0 unspecified atom stereocenters. The molecular formula is C22H21N7O3. The lowest BCUT2D eigenvalue weighted by molar-refractivity contribution is 0.0821. The first-order valence-corrected chi connectivity index (χ1v) is 9.73. The molecule has 1 N–H and O–H groups in total. The van der Waals surface area contributed by atoms with Gasteiger partial charge in [-0.05, 0) is 30.7 Å². The van der Waals surface area contributed by atoms with E-state index in [1.165, 1.54) is 17.3 Å². The predicted octanol–water partition coefficient (Wildman–Crippen LogP) is 2.81. The first kappa shape index (κ1) is 20.9. The van der Waals surface area contributed by atoms with Crippen molar-refractivity contribution < 1.29 is 14.3 Å². The van der Waals surface area contributed by atoms with Gasteiger partial charge in [0, 0.05) is 39.1 Å². The van der Waals surface area contributed by atoms with E-state index < -0.39 is 0 Å². The number of nitrogens with one attached hydrogen (secondary N) is 1. The van der Waals surface area contributed by atoms with Gasteiger partial charge >= 0.3 is 0 Å². The Labute approximate surface area is 183 Å². The van der Waals surface area contributed by atoms with Crippen molar-refractivity contribution in [3.63, 3.8) is 0 Å². The number of hydrogen-bond acceptors (Lipinski definition) is 7. The molecule has 3 heterocycles. The molecule has 0 aliphatic heterocycles. The van der Waals surface area contributed by atoms with Crippen molar-refractivity contribution in [1.82, 2.24) is 29.6 Å². The molecule has 0 aliphatic carbocycles. The second-order valence-corrected chi connectivity index (χ2v) is 7.43. The zero-order valence-electron chi connectivity index (χ0n) is 18.0. The molecule has 10 nitrogen and oxygen atoms in total. The molecule has 10 heteroatoms. The van der Waals surface area contributed by atoms with Crippen LogP contribution in [0, 0.1) is 6.92 Å². The van der Waals surface area contributed by atoms with Gasteiger partial charge in [-0.15, -0.1) is 0 Å². The Morgan fingerprint density at radius 1 is 1.06 bits per heavy atom. The molecule has 0 saturated carbocycles. The summed E-state index contributed by atoms with van der Waals surface area (Å²) in [5.74, 6) is 0.400. The van der Waals surface area contributed by atoms with Crippen molar-refractivity contribution in [2.24, 2.45) is 7.05 Å². The van der Waals surface area contributed by atoms with E-state index in [0.717, 1.165) is 5.56 Å². The Bertz CT molecular complexity index is 1300. The standard InChI is InChI=1S/C22H21N7O3/c1-13-5-6-19(24-9-13)26-21(30)14-7-16-15(12-29(4)27-16)18(8-14)32-20-11-23-17(10-25-20)22(31)28(2)3/h5-12H,1-4H3,(H,24,26,30). The third-order valence-electron chi connectivity index (χ3n) is 4.58. The Balaban J connectivity index is 1.64. The van der Waals surface area contributed by atoms with Crippen LogP contribution in [-0.4, -0.2) is 55.5 Å². The molecule has 4 rings (SSSR count). The maximum Gasteiger partial charge on any atom is 0.273 e. The average Bonchev–Trinajstić information content (AvgIpc) is 3.15. The maximum absolute atomic E-state index is 12.8.